The van der Waals surface area contributed by atoms with E-state index in [4.69, 9.17) is 33.2 Å². The lowest BCUT2D eigenvalue weighted by Gasteiger charge is -2.48. The van der Waals surface area contributed by atoms with Crippen LogP contribution in [0.15, 0.2) is 0 Å². The van der Waals surface area contributed by atoms with Gasteiger partial charge in [0.2, 0.25) is 0 Å². The molecular formula is C37H67NO13. The molecule has 0 aromatic carbocycles. The van der Waals surface area contributed by atoms with E-state index in [1.165, 1.54) is 14.0 Å². The van der Waals surface area contributed by atoms with Crippen molar-refractivity contribution in [2.75, 3.05) is 21.2 Å². The summed E-state index contributed by atoms with van der Waals surface area (Å²) in [6.07, 6.45) is -8.36. The predicted octanol–water partition coefficient (Wildman–Crippen LogP) is 1.94. The maximum absolute atomic E-state index is 14.3. The molecule has 5 N–H and O–H groups in total. The van der Waals surface area contributed by atoms with E-state index in [0.717, 1.165) is 0 Å². The summed E-state index contributed by atoms with van der Waals surface area (Å²) in [7, 11) is 5.28. The second kappa shape index (κ2) is 15.6. The molecule has 4 rings (SSSR count). The van der Waals surface area contributed by atoms with Crippen molar-refractivity contribution in [3.8, 4) is 0 Å². The number of carbonyl (C=O) groups excluding carboxylic acids is 1. The molecular weight excluding hydrogens is 666 g/mol. The highest BCUT2D eigenvalue weighted by atomic mass is 16.7. The number of aliphatic hydroxyl groups is 5. The van der Waals surface area contributed by atoms with E-state index in [9.17, 15) is 30.3 Å². The molecule has 4 aliphatic heterocycles. The first kappa shape index (κ1) is 42.7. The Bertz CT molecular complexity index is 1190. The topological polar surface area (TPSA) is 186 Å². The number of hydrogen-bond acceptors (Lipinski definition) is 14. The number of cyclic esters (lactones) is 1. The summed E-state index contributed by atoms with van der Waals surface area (Å²) in [4.78, 5) is 16.2. The van der Waals surface area contributed by atoms with Gasteiger partial charge < -0.3 is 63.6 Å². The van der Waals surface area contributed by atoms with Crippen molar-refractivity contribution in [2.24, 2.45) is 23.7 Å². The highest BCUT2D eigenvalue weighted by Crippen LogP contribution is 2.52. The second-order valence-electron chi connectivity index (χ2n) is 16.9. The summed E-state index contributed by atoms with van der Waals surface area (Å²) in [5.74, 6) is -5.94. The fourth-order valence-corrected chi connectivity index (χ4v) is 9.16. The highest BCUT2D eigenvalue weighted by Gasteiger charge is 2.64. The quantitative estimate of drug-likeness (QED) is 0.217. The van der Waals surface area contributed by atoms with Crippen molar-refractivity contribution in [2.45, 2.75) is 185 Å². The van der Waals surface area contributed by atoms with Crippen molar-refractivity contribution in [1.29, 1.82) is 0 Å². The van der Waals surface area contributed by atoms with Crippen LogP contribution in [0, 0.1) is 23.7 Å². The van der Waals surface area contributed by atoms with Gasteiger partial charge in [-0.1, -0.05) is 27.7 Å². The first-order valence-corrected chi connectivity index (χ1v) is 18.7. The lowest BCUT2D eigenvalue weighted by Crippen LogP contribution is -2.61. The Hall–Kier alpha value is -1.01. The molecule has 0 spiro atoms. The third-order valence-electron chi connectivity index (χ3n) is 12.6. The Morgan fingerprint density at radius 2 is 1.67 bits per heavy atom. The van der Waals surface area contributed by atoms with Crippen LogP contribution in [0.2, 0.25) is 0 Å². The maximum atomic E-state index is 14.3. The Morgan fingerprint density at radius 1 is 1.04 bits per heavy atom. The molecule has 0 aromatic rings. The molecule has 14 nitrogen and oxygen atoms in total. The summed E-state index contributed by atoms with van der Waals surface area (Å²) in [5, 5.41) is 57.7. The molecule has 0 aromatic heterocycles. The van der Waals surface area contributed by atoms with E-state index in [0.29, 0.717) is 6.42 Å². The van der Waals surface area contributed by atoms with Gasteiger partial charge in [0.15, 0.2) is 18.4 Å². The smallest absolute Gasteiger partial charge is 0.311 e. The van der Waals surface area contributed by atoms with Gasteiger partial charge in [0.1, 0.15) is 23.9 Å². The molecule has 2 bridgehead atoms. The number of esters is 1. The summed E-state index contributed by atoms with van der Waals surface area (Å²) in [6.45, 7) is 17.3. The van der Waals surface area contributed by atoms with E-state index in [2.05, 4.69) is 0 Å². The summed E-state index contributed by atoms with van der Waals surface area (Å²) >= 11 is 0. The Labute approximate surface area is 304 Å². The summed E-state index contributed by atoms with van der Waals surface area (Å²) in [6, 6.07) is -0.269. The van der Waals surface area contributed by atoms with Crippen molar-refractivity contribution >= 4 is 5.97 Å². The van der Waals surface area contributed by atoms with E-state index in [1.807, 2.05) is 46.7 Å². The molecule has 0 aliphatic carbocycles. The molecule has 298 valence electrons. The van der Waals surface area contributed by atoms with Crippen LogP contribution in [0.1, 0.15) is 94.9 Å². The van der Waals surface area contributed by atoms with E-state index in [1.54, 1.807) is 34.6 Å². The minimum atomic E-state index is -1.97. The van der Waals surface area contributed by atoms with Crippen molar-refractivity contribution in [1.82, 2.24) is 4.90 Å². The van der Waals surface area contributed by atoms with Crippen LogP contribution < -0.4 is 0 Å². The number of ether oxygens (including phenoxy) is 7. The minimum Gasteiger partial charge on any atom is -0.458 e. The lowest BCUT2D eigenvalue weighted by atomic mass is 9.74. The molecule has 19 atom stereocenters. The number of methoxy groups -OCH3 is 1. The molecule has 4 saturated heterocycles. The molecule has 19 unspecified atom stereocenters. The van der Waals surface area contributed by atoms with Crippen LogP contribution in [-0.2, 0) is 38.0 Å². The summed E-state index contributed by atoms with van der Waals surface area (Å²) < 4.78 is 44.5. The van der Waals surface area contributed by atoms with Gasteiger partial charge in [-0.3, -0.25) is 4.79 Å². The summed E-state index contributed by atoms with van der Waals surface area (Å²) in [5.41, 5.74) is -4.23. The van der Waals surface area contributed by atoms with Gasteiger partial charge in [-0.25, -0.2) is 0 Å². The number of likely N-dealkylation sites (N-methyl/N-ethyl adjacent to an activating group) is 1. The number of rotatable bonds is 9. The number of nitrogens with zero attached hydrogens (tertiary/aromatic N) is 1. The van der Waals surface area contributed by atoms with Crippen LogP contribution in [0.4, 0.5) is 0 Å². The van der Waals surface area contributed by atoms with Crippen LogP contribution >= 0.6 is 0 Å². The van der Waals surface area contributed by atoms with Crippen molar-refractivity contribution in [3.05, 3.63) is 0 Å². The number of fused-ring (bicyclic) bond motifs is 2. The maximum Gasteiger partial charge on any atom is 0.311 e. The highest BCUT2D eigenvalue weighted by molar-refractivity contribution is 5.73. The fraction of sp³-hybridized carbons (Fsp3) is 0.973. The fourth-order valence-electron chi connectivity index (χ4n) is 9.16. The van der Waals surface area contributed by atoms with E-state index in [-0.39, 0.29) is 31.4 Å². The van der Waals surface area contributed by atoms with E-state index >= 15 is 0 Å². The largest absolute Gasteiger partial charge is 0.458 e. The third-order valence-corrected chi connectivity index (χ3v) is 12.6. The molecule has 4 fully saturated rings. The average Bonchev–Trinajstić information content (AvgIpc) is 3.31. The molecule has 14 heteroatoms. The Balaban J connectivity index is 1.86. The molecule has 4 aliphatic rings. The van der Waals surface area contributed by atoms with Crippen LogP contribution in [0.5, 0.6) is 0 Å². The Morgan fingerprint density at radius 3 is 2.24 bits per heavy atom. The minimum absolute atomic E-state index is 0.139. The van der Waals surface area contributed by atoms with Gasteiger partial charge >= 0.3 is 5.97 Å². The first-order valence-electron chi connectivity index (χ1n) is 18.7. The number of hydrogen-bond donors (Lipinski definition) is 5. The van der Waals surface area contributed by atoms with Gasteiger partial charge in [-0.2, -0.15) is 0 Å². The molecule has 0 amide bonds. The van der Waals surface area contributed by atoms with Gasteiger partial charge in [-0.05, 0) is 74.9 Å². The molecule has 0 saturated carbocycles. The Kier molecular flexibility index (Phi) is 13.1. The molecule has 0 radical (unpaired) electrons. The monoisotopic (exact) mass is 733 g/mol. The standard InChI is InChI=1S/C37H67NO13/c1-14-25(39)36(10,43)31-22(6)37(44)18(2)16-35(9,51-37)30(50-33-27(40)24(38(11)12)15-19(3)46-33)20(4)28(21(5)32(42)49-31)48-26-17-34(8,45-13)29(41)23(7)47-26/h18-31,33,39-41,43-44H,14-17H2,1-13H3. The van der Waals surface area contributed by atoms with Crippen LogP contribution in [-0.4, -0.2) is 148 Å². The van der Waals surface area contributed by atoms with Gasteiger partial charge in [-0.15, -0.1) is 0 Å². The second-order valence-corrected chi connectivity index (χ2v) is 16.9. The van der Waals surface area contributed by atoms with Crippen LogP contribution in [0.3, 0.4) is 0 Å². The molecule has 51 heavy (non-hydrogen) atoms. The first-order chi connectivity index (χ1) is 23.5. The molecule has 4 heterocycles. The normalized spacial score (nSPS) is 50.3. The van der Waals surface area contributed by atoms with Crippen molar-refractivity contribution < 1.29 is 63.5 Å². The zero-order chi connectivity index (χ0) is 38.6. The van der Waals surface area contributed by atoms with Crippen molar-refractivity contribution in [3.63, 3.8) is 0 Å². The van der Waals surface area contributed by atoms with Gasteiger partial charge in [0, 0.05) is 31.4 Å². The number of aliphatic hydroxyl groups excluding tert-OH is 3. The predicted molar refractivity (Wildman–Crippen MR) is 185 cm³/mol. The third kappa shape index (κ3) is 8.04. The van der Waals surface area contributed by atoms with Gasteiger partial charge in [0.05, 0.1) is 53.6 Å². The van der Waals surface area contributed by atoms with E-state index < -0.39 is 108 Å². The van der Waals surface area contributed by atoms with Crippen LogP contribution in [0.25, 0.3) is 0 Å². The van der Waals surface area contributed by atoms with Gasteiger partial charge in [0.25, 0.3) is 0 Å². The number of carbonyl (C=O) groups is 1. The zero-order valence-electron chi connectivity index (χ0n) is 32.9. The average molecular weight is 734 g/mol. The zero-order valence-corrected chi connectivity index (χ0v) is 32.9. The lowest BCUT2D eigenvalue weighted by molar-refractivity contribution is -0.337. The SMILES string of the molecule is CCC(O)C(C)(O)C1OC(=O)C(C)C(OC2CC(C)(OC)C(O)C(C)O2)C(C)C(OC2OC(C)CC(N(C)C)C2O)C2(C)CC(C)C(O)(O2)C1C.